The van der Waals surface area contributed by atoms with E-state index in [9.17, 15) is 4.79 Å². The van der Waals surface area contributed by atoms with Gasteiger partial charge in [-0.2, -0.15) is 9.78 Å². The van der Waals surface area contributed by atoms with Gasteiger partial charge in [0.25, 0.3) is 0 Å². The lowest BCUT2D eigenvalue weighted by Gasteiger charge is -2.31. The van der Waals surface area contributed by atoms with Crippen LogP contribution in [-0.2, 0) is 19.3 Å². The van der Waals surface area contributed by atoms with E-state index in [2.05, 4.69) is 0 Å². The molecule has 0 atom stereocenters. The summed E-state index contributed by atoms with van der Waals surface area (Å²) in [4.78, 5) is 22.6. The lowest BCUT2D eigenvalue weighted by molar-refractivity contribution is -0.158. The Hall–Kier alpha value is -0.610. The molecule has 19 heavy (non-hydrogen) atoms. The minimum Gasteiger partial charge on any atom is -0.465 e. The molecule has 1 rings (SSSR count). The SMILES string of the molecule is CC(C)(C)COC(=O)C(C)(C)CC1(C(C)(C)C)OO1. The second kappa shape index (κ2) is 4.74. The number of hydrogen-bond donors (Lipinski definition) is 0. The van der Waals surface area contributed by atoms with Crippen LogP contribution in [0.25, 0.3) is 0 Å². The summed E-state index contributed by atoms with van der Waals surface area (Å²) in [6.45, 7) is 16.4. The van der Waals surface area contributed by atoms with Gasteiger partial charge in [0.2, 0.25) is 5.79 Å². The fourth-order valence-corrected chi connectivity index (χ4v) is 1.76. The summed E-state index contributed by atoms with van der Waals surface area (Å²) in [5.41, 5.74) is -0.830. The molecule has 0 aromatic carbocycles. The van der Waals surface area contributed by atoms with Crippen LogP contribution >= 0.6 is 0 Å². The van der Waals surface area contributed by atoms with Crippen LogP contribution in [0.1, 0.15) is 61.8 Å². The van der Waals surface area contributed by atoms with Crippen LogP contribution < -0.4 is 0 Å². The smallest absolute Gasteiger partial charge is 0.311 e. The van der Waals surface area contributed by atoms with Crippen molar-refractivity contribution in [3.05, 3.63) is 0 Å². The third kappa shape index (κ3) is 4.18. The molecule has 4 heteroatoms. The highest BCUT2D eigenvalue weighted by atomic mass is 17.4. The average molecular weight is 272 g/mol. The highest BCUT2D eigenvalue weighted by Crippen LogP contribution is 2.52. The van der Waals surface area contributed by atoms with Gasteiger partial charge in [-0.25, -0.2) is 0 Å². The van der Waals surface area contributed by atoms with Crippen molar-refractivity contribution >= 4 is 5.97 Å². The van der Waals surface area contributed by atoms with Crippen molar-refractivity contribution < 1.29 is 19.3 Å². The molecule has 0 aromatic rings. The maximum atomic E-state index is 12.2. The Labute approximate surface area is 116 Å². The van der Waals surface area contributed by atoms with E-state index in [0.29, 0.717) is 13.0 Å². The van der Waals surface area contributed by atoms with E-state index in [1.807, 2.05) is 55.4 Å². The van der Waals surface area contributed by atoms with E-state index < -0.39 is 11.2 Å². The van der Waals surface area contributed by atoms with Crippen LogP contribution in [0.5, 0.6) is 0 Å². The minimum absolute atomic E-state index is 0.0277. The van der Waals surface area contributed by atoms with E-state index in [1.165, 1.54) is 0 Å². The molecule has 4 nitrogen and oxygen atoms in total. The van der Waals surface area contributed by atoms with Gasteiger partial charge in [0.15, 0.2) is 0 Å². The maximum absolute atomic E-state index is 12.2. The van der Waals surface area contributed by atoms with E-state index in [1.54, 1.807) is 0 Å². The van der Waals surface area contributed by atoms with Crippen molar-refractivity contribution in [2.75, 3.05) is 6.61 Å². The molecule has 0 amide bonds. The molecule has 1 saturated heterocycles. The number of carbonyl (C=O) groups excluding carboxylic acids is 1. The summed E-state index contributed by atoms with van der Waals surface area (Å²) < 4.78 is 5.41. The van der Waals surface area contributed by atoms with Gasteiger partial charge in [-0.05, 0) is 19.3 Å². The highest BCUT2D eigenvalue weighted by Gasteiger charge is 2.61. The molecular formula is C15H28O4. The zero-order valence-corrected chi connectivity index (χ0v) is 13.5. The first-order valence-electron chi connectivity index (χ1n) is 6.83. The zero-order chi connectivity index (χ0) is 15.1. The second-order valence-electron chi connectivity index (χ2n) is 8.37. The molecule has 0 N–H and O–H groups in total. The Balaban J connectivity index is 2.64. The lowest BCUT2D eigenvalue weighted by atomic mass is 9.76. The van der Waals surface area contributed by atoms with Gasteiger partial charge >= 0.3 is 5.97 Å². The predicted molar refractivity (Wildman–Crippen MR) is 73.2 cm³/mol. The molecule has 0 unspecified atom stereocenters. The van der Waals surface area contributed by atoms with Crippen molar-refractivity contribution in [3.8, 4) is 0 Å². The summed E-state index contributed by atoms with van der Waals surface area (Å²) in [5.74, 6) is -0.873. The van der Waals surface area contributed by atoms with Gasteiger partial charge in [-0.1, -0.05) is 41.5 Å². The normalized spacial score (nSPS) is 19.2. The lowest BCUT2D eigenvalue weighted by Crippen LogP contribution is -2.39. The standard InChI is InChI=1S/C15H28O4/c1-12(2,3)10-17-11(16)14(7,8)9-15(18-19-15)13(4,5)6/h9-10H2,1-8H3. The zero-order valence-electron chi connectivity index (χ0n) is 13.5. The maximum Gasteiger partial charge on any atom is 0.311 e. The van der Waals surface area contributed by atoms with Crippen LogP contribution in [0, 0.1) is 16.2 Å². The first kappa shape index (κ1) is 16.4. The van der Waals surface area contributed by atoms with E-state index >= 15 is 0 Å². The molecule has 0 spiro atoms. The Kier molecular flexibility index (Phi) is 4.10. The molecule has 0 saturated carbocycles. The van der Waals surface area contributed by atoms with Gasteiger partial charge in [-0.15, -0.1) is 0 Å². The van der Waals surface area contributed by atoms with E-state index in [0.717, 1.165) is 0 Å². The van der Waals surface area contributed by atoms with Gasteiger partial charge in [0, 0.05) is 11.8 Å². The molecule has 0 aromatic heterocycles. The van der Waals surface area contributed by atoms with Gasteiger partial charge in [0.1, 0.15) is 0 Å². The second-order valence-corrected chi connectivity index (χ2v) is 8.37. The Morgan fingerprint density at radius 3 is 1.79 bits per heavy atom. The summed E-state index contributed by atoms with van der Waals surface area (Å²) in [6, 6.07) is 0. The molecule has 0 radical (unpaired) electrons. The Bertz CT molecular complexity index is 340. The summed E-state index contributed by atoms with van der Waals surface area (Å²) in [7, 11) is 0. The predicted octanol–water partition coefficient (Wildman–Crippen LogP) is 3.70. The first-order valence-corrected chi connectivity index (χ1v) is 6.83. The average Bonchev–Trinajstić information content (AvgIpc) is 2.92. The van der Waals surface area contributed by atoms with Crippen molar-refractivity contribution in [1.29, 1.82) is 0 Å². The number of carbonyl (C=O) groups is 1. The van der Waals surface area contributed by atoms with Crippen molar-refractivity contribution in [3.63, 3.8) is 0 Å². The summed E-state index contributed by atoms with van der Waals surface area (Å²) in [5, 5.41) is 0. The summed E-state index contributed by atoms with van der Waals surface area (Å²) in [6.07, 6.45) is 0.493. The minimum atomic E-state index is -0.669. The van der Waals surface area contributed by atoms with Crippen LogP contribution in [0.2, 0.25) is 0 Å². The van der Waals surface area contributed by atoms with Crippen LogP contribution in [0.4, 0.5) is 0 Å². The van der Waals surface area contributed by atoms with Gasteiger partial charge in [-0.3, -0.25) is 4.79 Å². The van der Waals surface area contributed by atoms with Crippen LogP contribution in [0.3, 0.4) is 0 Å². The Morgan fingerprint density at radius 1 is 1.00 bits per heavy atom. The van der Waals surface area contributed by atoms with Gasteiger partial charge in [0.05, 0.1) is 12.0 Å². The fourth-order valence-electron chi connectivity index (χ4n) is 1.76. The third-order valence-corrected chi connectivity index (χ3v) is 3.29. The van der Waals surface area contributed by atoms with Crippen LogP contribution in [-0.4, -0.2) is 18.4 Å². The van der Waals surface area contributed by atoms with Crippen molar-refractivity contribution in [1.82, 2.24) is 0 Å². The van der Waals surface area contributed by atoms with E-state index in [-0.39, 0.29) is 16.8 Å². The molecule has 1 heterocycles. The number of esters is 1. The summed E-state index contributed by atoms with van der Waals surface area (Å²) >= 11 is 0. The molecule has 1 aliphatic rings. The van der Waals surface area contributed by atoms with Crippen molar-refractivity contribution in [2.24, 2.45) is 16.2 Å². The highest BCUT2D eigenvalue weighted by molar-refractivity contribution is 5.76. The number of ether oxygens (including phenoxy) is 1. The first-order chi connectivity index (χ1) is 8.29. The molecule has 1 fully saturated rings. The Morgan fingerprint density at radius 2 is 1.47 bits per heavy atom. The van der Waals surface area contributed by atoms with Crippen LogP contribution in [0.15, 0.2) is 0 Å². The molecule has 0 bridgehead atoms. The third-order valence-electron chi connectivity index (χ3n) is 3.29. The fraction of sp³-hybridized carbons (Fsp3) is 0.933. The van der Waals surface area contributed by atoms with E-state index in [4.69, 9.17) is 14.5 Å². The largest absolute Gasteiger partial charge is 0.465 e. The quantitative estimate of drug-likeness (QED) is 0.445. The monoisotopic (exact) mass is 272 g/mol. The number of rotatable bonds is 4. The molecule has 112 valence electrons. The van der Waals surface area contributed by atoms with Gasteiger partial charge < -0.3 is 4.74 Å². The molecule has 1 aliphatic heterocycles. The van der Waals surface area contributed by atoms with Crippen molar-refractivity contribution in [2.45, 2.75) is 67.6 Å². The topological polar surface area (TPSA) is 51.4 Å². The number of hydrogen-bond acceptors (Lipinski definition) is 4. The molecule has 0 aliphatic carbocycles. The molecular weight excluding hydrogens is 244 g/mol.